The number of rotatable bonds is 4. The summed E-state index contributed by atoms with van der Waals surface area (Å²) in [6.45, 7) is 5.88. The summed E-state index contributed by atoms with van der Waals surface area (Å²) < 4.78 is 0. The van der Waals surface area contributed by atoms with Crippen molar-refractivity contribution in [3.05, 3.63) is 59.8 Å². The summed E-state index contributed by atoms with van der Waals surface area (Å²) in [6, 6.07) is 13.8. The van der Waals surface area contributed by atoms with Gasteiger partial charge in [-0.2, -0.15) is 0 Å². The minimum atomic E-state index is -0.479. The van der Waals surface area contributed by atoms with Crippen molar-refractivity contribution in [2.24, 2.45) is 5.41 Å². The Bertz CT molecular complexity index is 591. The lowest BCUT2D eigenvalue weighted by atomic mass is 9.85. The van der Waals surface area contributed by atoms with Gasteiger partial charge in [0.25, 0.3) is 0 Å². The van der Waals surface area contributed by atoms with E-state index in [0.29, 0.717) is 12.2 Å². The maximum atomic E-state index is 12.4. The molecule has 0 saturated carbocycles. The molecule has 0 atom stereocenters. The van der Waals surface area contributed by atoms with E-state index in [0.717, 1.165) is 11.1 Å². The molecule has 1 aromatic heterocycles. The standard InChI is InChI=1S/C17H20N2O/c1-13-9-10-18-15(11-13)19-16(20)17(2,3)12-14-7-5-4-6-8-14/h4-11H,12H2,1-3H3,(H,18,19,20). The van der Waals surface area contributed by atoms with Gasteiger partial charge in [-0.1, -0.05) is 44.2 Å². The van der Waals surface area contributed by atoms with Crippen LogP contribution in [0.25, 0.3) is 0 Å². The number of aromatic nitrogens is 1. The van der Waals surface area contributed by atoms with Crippen LogP contribution in [0.2, 0.25) is 0 Å². The molecule has 0 unspecified atom stereocenters. The predicted octanol–water partition coefficient (Wildman–Crippen LogP) is 3.60. The summed E-state index contributed by atoms with van der Waals surface area (Å²) in [5.41, 5.74) is 1.76. The lowest BCUT2D eigenvalue weighted by Crippen LogP contribution is -2.33. The molecule has 1 aromatic carbocycles. The first-order chi connectivity index (χ1) is 9.47. The molecule has 1 N–H and O–H groups in total. The van der Waals surface area contributed by atoms with Crippen LogP contribution in [0.5, 0.6) is 0 Å². The molecule has 2 rings (SSSR count). The maximum Gasteiger partial charge on any atom is 0.231 e. The molecule has 0 aliphatic carbocycles. The number of aryl methyl sites for hydroxylation is 1. The van der Waals surface area contributed by atoms with E-state index in [1.54, 1.807) is 6.20 Å². The number of carbonyl (C=O) groups excluding carboxylic acids is 1. The van der Waals surface area contributed by atoms with Crippen LogP contribution in [0.15, 0.2) is 48.7 Å². The van der Waals surface area contributed by atoms with E-state index in [1.165, 1.54) is 0 Å². The Labute approximate surface area is 120 Å². The predicted molar refractivity (Wildman–Crippen MR) is 81.5 cm³/mol. The second-order valence-electron chi connectivity index (χ2n) is 5.72. The third kappa shape index (κ3) is 3.67. The molecule has 0 fully saturated rings. The van der Waals surface area contributed by atoms with E-state index >= 15 is 0 Å². The van der Waals surface area contributed by atoms with E-state index in [-0.39, 0.29) is 5.91 Å². The Morgan fingerprint density at radius 3 is 2.55 bits per heavy atom. The average molecular weight is 268 g/mol. The largest absolute Gasteiger partial charge is 0.310 e. The fourth-order valence-corrected chi connectivity index (χ4v) is 2.08. The van der Waals surface area contributed by atoms with Gasteiger partial charge in [0.05, 0.1) is 0 Å². The topological polar surface area (TPSA) is 42.0 Å². The van der Waals surface area contributed by atoms with Gasteiger partial charge in [-0.05, 0) is 36.6 Å². The molecule has 0 bridgehead atoms. The molecule has 1 heterocycles. The molecule has 104 valence electrons. The fraction of sp³-hybridized carbons (Fsp3) is 0.294. The van der Waals surface area contributed by atoms with Crippen molar-refractivity contribution in [3.8, 4) is 0 Å². The molecule has 20 heavy (non-hydrogen) atoms. The van der Waals surface area contributed by atoms with Crippen molar-refractivity contribution < 1.29 is 4.79 Å². The Balaban J connectivity index is 2.07. The molecule has 3 nitrogen and oxygen atoms in total. The number of pyridine rings is 1. The lowest BCUT2D eigenvalue weighted by molar-refractivity contribution is -0.123. The van der Waals surface area contributed by atoms with E-state index < -0.39 is 5.41 Å². The van der Waals surface area contributed by atoms with Crippen molar-refractivity contribution in [2.45, 2.75) is 27.2 Å². The van der Waals surface area contributed by atoms with Crippen LogP contribution in [0.3, 0.4) is 0 Å². The van der Waals surface area contributed by atoms with Gasteiger partial charge < -0.3 is 5.32 Å². The van der Waals surface area contributed by atoms with Crippen LogP contribution in [0, 0.1) is 12.3 Å². The van der Waals surface area contributed by atoms with Crippen LogP contribution in [-0.2, 0) is 11.2 Å². The molecule has 0 aliphatic rings. The Kier molecular flexibility index (Phi) is 4.18. The summed E-state index contributed by atoms with van der Waals surface area (Å²) in [5, 5.41) is 2.89. The highest BCUT2D eigenvalue weighted by atomic mass is 16.2. The highest BCUT2D eigenvalue weighted by Gasteiger charge is 2.28. The second kappa shape index (κ2) is 5.87. The van der Waals surface area contributed by atoms with Crippen LogP contribution in [0.1, 0.15) is 25.0 Å². The summed E-state index contributed by atoms with van der Waals surface area (Å²) in [6.07, 6.45) is 2.40. The summed E-state index contributed by atoms with van der Waals surface area (Å²) >= 11 is 0. The van der Waals surface area contributed by atoms with Crippen molar-refractivity contribution in [1.29, 1.82) is 0 Å². The highest BCUT2D eigenvalue weighted by molar-refractivity contribution is 5.94. The number of carbonyl (C=O) groups is 1. The van der Waals surface area contributed by atoms with Gasteiger partial charge >= 0.3 is 0 Å². The van der Waals surface area contributed by atoms with E-state index in [9.17, 15) is 4.79 Å². The number of hydrogen-bond acceptors (Lipinski definition) is 2. The zero-order valence-electron chi connectivity index (χ0n) is 12.2. The molecule has 0 radical (unpaired) electrons. The first-order valence-corrected chi connectivity index (χ1v) is 6.75. The zero-order valence-corrected chi connectivity index (χ0v) is 12.2. The first kappa shape index (κ1) is 14.3. The first-order valence-electron chi connectivity index (χ1n) is 6.75. The minimum absolute atomic E-state index is 0.0144. The highest BCUT2D eigenvalue weighted by Crippen LogP contribution is 2.23. The number of nitrogens with zero attached hydrogens (tertiary/aromatic N) is 1. The van der Waals surface area contributed by atoms with Crippen LogP contribution < -0.4 is 5.32 Å². The van der Waals surface area contributed by atoms with Gasteiger partial charge in [-0.15, -0.1) is 0 Å². The Hall–Kier alpha value is -2.16. The SMILES string of the molecule is Cc1ccnc(NC(=O)C(C)(C)Cc2ccccc2)c1. The zero-order chi connectivity index (χ0) is 14.6. The molecule has 0 aliphatic heterocycles. The molecule has 3 heteroatoms. The Morgan fingerprint density at radius 2 is 1.90 bits per heavy atom. The lowest BCUT2D eigenvalue weighted by Gasteiger charge is -2.23. The summed E-state index contributed by atoms with van der Waals surface area (Å²) in [4.78, 5) is 16.6. The van der Waals surface area contributed by atoms with E-state index in [2.05, 4.69) is 10.3 Å². The minimum Gasteiger partial charge on any atom is -0.310 e. The van der Waals surface area contributed by atoms with Gasteiger partial charge in [0, 0.05) is 11.6 Å². The monoisotopic (exact) mass is 268 g/mol. The Morgan fingerprint density at radius 1 is 1.20 bits per heavy atom. The molecular weight excluding hydrogens is 248 g/mol. The van der Waals surface area contributed by atoms with Crippen LogP contribution in [-0.4, -0.2) is 10.9 Å². The van der Waals surface area contributed by atoms with E-state index in [1.807, 2.05) is 63.2 Å². The van der Waals surface area contributed by atoms with Crippen molar-refractivity contribution >= 4 is 11.7 Å². The van der Waals surface area contributed by atoms with Crippen molar-refractivity contribution in [3.63, 3.8) is 0 Å². The third-order valence-corrected chi connectivity index (χ3v) is 3.26. The van der Waals surface area contributed by atoms with Gasteiger partial charge in [-0.25, -0.2) is 4.98 Å². The normalized spacial score (nSPS) is 11.2. The van der Waals surface area contributed by atoms with Gasteiger partial charge in [0.15, 0.2) is 0 Å². The fourth-order valence-electron chi connectivity index (χ4n) is 2.08. The van der Waals surface area contributed by atoms with Gasteiger partial charge in [-0.3, -0.25) is 4.79 Å². The van der Waals surface area contributed by atoms with Crippen LogP contribution in [0.4, 0.5) is 5.82 Å². The molecule has 1 amide bonds. The third-order valence-electron chi connectivity index (χ3n) is 3.26. The number of hydrogen-bond donors (Lipinski definition) is 1. The molecule has 2 aromatic rings. The smallest absolute Gasteiger partial charge is 0.231 e. The maximum absolute atomic E-state index is 12.4. The second-order valence-corrected chi connectivity index (χ2v) is 5.72. The number of nitrogens with one attached hydrogen (secondary N) is 1. The molecular formula is C17H20N2O. The number of anilines is 1. The van der Waals surface area contributed by atoms with Crippen molar-refractivity contribution in [2.75, 3.05) is 5.32 Å². The average Bonchev–Trinajstić information content (AvgIpc) is 2.39. The van der Waals surface area contributed by atoms with Crippen LogP contribution >= 0.6 is 0 Å². The van der Waals surface area contributed by atoms with Gasteiger partial charge in [0.2, 0.25) is 5.91 Å². The summed E-state index contributed by atoms with van der Waals surface area (Å²) in [5.74, 6) is 0.593. The van der Waals surface area contributed by atoms with Gasteiger partial charge in [0.1, 0.15) is 5.82 Å². The molecule has 0 saturated heterocycles. The number of amides is 1. The number of benzene rings is 1. The quantitative estimate of drug-likeness (QED) is 0.920. The van der Waals surface area contributed by atoms with E-state index in [4.69, 9.17) is 0 Å². The molecule has 0 spiro atoms. The van der Waals surface area contributed by atoms with Crippen molar-refractivity contribution in [1.82, 2.24) is 4.98 Å². The summed E-state index contributed by atoms with van der Waals surface area (Å²) in [7, 11) is 0.